The highest BCUT2D eigenvalue weighted by Gasteiger charge is 2.37. The van der Waals surface area contributed by atoms with Crippen LogP contribution in [0.5, 0.6) is 0 Å². The maximum atomic E-state index is 13.5. The number of hydrogen-bond donors (Lipinski definition) is 1. The maximum Gasteiger partial charge on any atom is 0.335 e. The summed E-state index contributed by atoms with van der Waals surface area (Å²) in [5, 5.41) is 4.62. The molecular formula is C30H22Cl2N2O3. The summed E-state index contributed by atoms with van der Waals surface area (Å²) in [6, 6.07) is 21.8. The number of nitrogens with zero attached hydrogens (tertiary/aromatic N) is 1. The Hall–Kier alpha value is -3.93. The molecule has 0 saturated carbocycles. The number of amides is 4. The minimum atomic E-state index is -0.848. The molecule has 1 aliphatic heterocycles. The summed E-state index contributed by atoms with van der Waals surface area (Å²) in [6.07, 6.45) is 2.19. The third kappa shape index (κ3) is 4.88. The standard InChI is InChI=1S/C30H22Cl2N2O3/c1-17-11-18(2)13-19(12-17)14-21-8-7-20-5-3-4-6-23(20)24(21)16-25-28(35)33-30(37)34(29(25)36)22-9-10-26(31)27(32)15-22/h3-13,15-16H,14H2,1-2H3,(H,33,35,37)/b25-16+. The van der Waals surface area contributed by atoms with Crippen LogP contribution in [0.25, 0.3) is 16.8 Å². The third-order valence-electron chi connectivity index (χ3n) is 6.29. The van der Waals surface area contributed by atoms with Gasteiger partial charge in [-0.2, -0.15) is 0 Å². The summed E-state index contributed by atoms with van der Waals surface area (Å²) in [5.74, 6) is -1.49. The molecule has 0 atom stereocenters. The van der Waals surface area contributed by atoms with Crippen LogP contribution in [0.1, 0.15) is 27.8 Å². The minimum absolute atomic E-state index is 0.149. The van der Waals surface area contributed by atoms with Crippen LogP contribution in [0.15, 0.2) is 78.4 Å². The van der Waals surface area contributed by atoms with E-state index in [0.717, 1.165) is 43.5 Å². The van der Waals surface area contributed by atoms with E-state index in [1.54, 1.807) is 6.08 Å². The molecule has 0 bridgehead atoms. The fourth-order valence-electron chi connectivity index (χ4n) is 4.72. The number of fused-ring (bicyclic) bond motifs is 1. The molecule has 1 N–H and O–H groups in total. The van der Waals surface area contributed by atoms with Crippen molar-refractivity contribution in [3.63, 3.8) is 0 Å². The predicted octanol–water partition coefficient (Wildman–Crippen LogP) is 7.02. The third-order valence-corrected chi connectivity index (χ3v) is 7.03. The molecule has 37 heavy (non-hydrogen) atoms. The lowest BCUT2D eigenvalue weighted by atomic mass is 9.91. The van der Waals surface area contributed by atoms with Gasteiger partial charge >= 0.3 is 6.03 Å². The van der Waals surface area contributed by atoms with E-state index in [0.29, 0.717) is 6.42 Å². The molecule has 5 rings (SSSR count). The maximum absolute atomic E-state index is 13.5. The van der Waals surface area contributed by atoms with Gasteiger partial charge in [-0.15, -0.1) is 0 Å². The highest BCUT2D eigenvalue weighted by atomic mass is 35.5. The zero-order valence-electron chi connectivity index (χ0n) is 20.1. The first-order valence-electron chi connectivity index (χ1n) is 11.7. The number of barbiturate groups is 1. The Morgan fingerprint density at radius 1 is 0.838 bits per heavy atom. The summed E-state index contributed by atoms with van der Waals surface area (Å²) in [4.78, 5) is 40.0. The van der Waals surface area contributed by atoms with E-state index in [2.05, 4.69) is 37.4 Å². The van der Waals surface area contributed by atoms with Gasteiger partial charge in [-0.25, -0.2) is 9.69 Å². The van der Waals surface area contributed by atoms with Gasteiger partial charge in [-0.1, -0.05) is 88.9 Å². The van der Waals surface area contributed by atoms with Crippen molar-refractivity contribution in [2.24, 2.45) is 0 Å². The molecule has 7 heteroatoms. The molecule has 1 saturated heterocycles. The topological polar surface area (TPSA) is 66.5 Å². The van der Waals surface area contributed by atoms with Gasteiger partial charge in [0.1, 0.15) is 5.57 Å². The summed E-state index contributed by atoms with van der Waals surface area (Å²) in [6.45, 7) is 4.11. The molecule has 5 nitrogen and oxygen atoms in total. The molecule has 0 spiro atoms. The van der Waals surface area contributed by atoms with Crippen molar-refractivity contribution in [3.8, 4) is 0 Å². The van der Waals surface area contributed by atoms with E-state index in [-0.39, 0.29) is 21.3 Å². The summed E-state index contributed by atoms with van der Waals surface area (Å²) in [5.41, 5.74) is 5.21. The van der Waals surface area contributed by atoms with Crippen LogP contribution >= 0.6 is 23.2 Å². The number of anilines is 1. The predicted molar refractivity (Wildman–Crippen MR) is 148 cm³/mol. The molecule has 0 radical (unpaired) electrons. The molecule has 4 aromatic carbocycles. The molecule has 1 heterocycles. The Bertz CT molecular complexity index is 1620. The Kier molecular flexibility index (Phi) is 6.59. The number of rotatable bonds is 4. The number of hydrogen-bond acceptors (Lipinski definition) is 3. The second kappa shape index (κ2) is 9.85. The second-order valence-corrected chi connectivity index (χ2v) is 9.90. The first kappa shape index (κ1) is 24.8. The number of aryl methyl sites for hydroxylation is 2. The Labute approximate surface area is 224 Å². The Morgan fingerprint density at radius 3 is 2.30 bits per heavy atom. The summed E-state index contributed by atoms with van der Waals surface area (Å²) >= 11 is 12.1. The second-order valence-electron chi connectivity index (χ2n) is 9.09. The van der Waals surface area contributed by atoms with E-state index in [1.807, 2.05) is 36.4 Å². The number of urea groups is 1. The van der Waals surface area contributed by atoms with E-state index in [4.69, 9.17) is 23.2 Å². The van der Waals surface area contributed by atoms with Crippen molar-refractivity contribution >= 4 is 63.6 Å². The van der Waals surface area contributed by atoms with Crippen LogP contribution in [-0.2, 0) is 16.0 Å². The number of halogens is 2. The molecule has 1 fully saturated rings. The number of carbonyl (C=O) groups is 3. The lowest BCUT2D eigenvalue weighted by Crippen LogP contribution is -2.54. The van der Waals surface area contributed by atoms with Gasteiger partial charge in [0.2, 0.25) is 0 Å². The molecule has 1 aliphatic rings. The minimum Gasteiger partial charge on any atom is -0.273 e. The zero-order valence-corrected chi connectivity index (χ0v) is 21.7. The smallest absolute Gasteiger partial charge is 0.273 e. The van der Waals surface area contributed by atoms with Crippen molar-refractivity contribution < 1.29 is 14.4 Å². The highest BCUT2D eigenvalue weighted by Crippen LogP contribution is 2.31. The van der Waals surface area contributed by atoms with E-state index < -0.39 is 17.8 Å². The number of carbonyl (C=O) groups excluding carboxylic acids is 3. The van der Waals surface area contributed by atoms with Crippen LogP contribution in [0.4, 0.5) is 10.5 Å². The lowest BCUT2D eigenvalue weighted by Gasteiger charge is -2.27. The van der Waals surface area contributed by atoms with Gasteiger partial charge in [0.05, 0.1) is 15.7 Å². The van der Waals surface area contributed by atoms with Crippen LogP contribution < -0.4 is 10.2 Å². The fraction of sp³-hybridized carbons (Fsp3) is 0.100. The molecular weight excluding hydrogens is 507 g/mol. The number of nitrogens with one attached hydrogen (secondary N) is 1. The normalized spacial score (nSPS) is 15.0. The van der Waals surface area contributed by atoms with E-state index in [1.165, 1.54) is 18.2 Å². The van der Waals surface area contributed by atoms with Crippen molar-refractivity contribution in [3.05, 3.63) is 116 Å². The van der Waals surface area contributed by atoms with Gasteiger partial charge in [0, 0.05) is 0 Å². The van der Waals surface area contributed by atoms with Crippen LogP contribution in [0.3, 0.4) is 0 Å². The molecule has 4 amide bonds. The van der Waals surface area contributed by atoms with Crippen LogP contribution in [0, 0.1) is 13.8 Å². The van der Waals surface area contributed by atoms with E-state index >= 15 is 0 Å². The van der Waals surface area contributed by atoms with Gasteiger partial charge in [0.15, 0.2) is 0 Å². The molecule has 0 aromatic heterocycles. The van der Waals surface area contributed by atoms with Gasteiger partial charge in [-0.3, -0.25) is 14.9 Å². The Balaban J connectivity index is 1.65. The highest BCUT2D eigenvalue weighted by molar-refractivity contribution is 6.43. The van der Waals surface area contributed by atoms with Gasteiger partial charge in [-0.05, 0) is 72.0 Å². The molecule has 0 unspecified atom stereocenters. The fourth-order valence-corrected chi connectivity index (χ4v) is 5.01. The lowest BCUT2D eigenvalue weighted by molar-refractivity contribution is -0.122. The average molecular weight is 529 g/mol. The number of imide groups is 2. The van der Waals surface area contributed by atoms with Crippen molar-refractivity contribution in [2.75, 3.05) is 4.90 Å². The van der Waals surface area contributed by atoms with Crippen LogP contribution in [0.2, 0.25) is 10.0 Å². The van der Waals surface area contributed by atoms with Crippen LogP contribution in [-0.4, -0.2) is 17.8 Å². The van der Waals surface area contributed by atoms with Crippen molar-refractivity contribution in [1.82, 2.24) is 5.32 Å². The quantitative estimate of drug-likeness (QED) is 0.228. The zero-order chi connectivity index (χ0) is 26.3. The van der Waals surface area contributed by atoms with E-state index in [9.17, 15) is 14.4 Å². The SMILES string of the molecule is Cc1cc(C)cc(Cc2ccc3ccccc3c2/C=C2\C(=O)NC(=O)N(c3ccc(Cl)c(Cl)c3)C2=O)c1. The first-order chi connectivity index (χ1) is 17.7. The van der Waals surface area contributed by atoms with Crippen molar-refractivity contribution in [2.45, 2.75) is 20.3 Å². The van der Waals surface area contributed by atoms with Gasteiger partial charge < -0.3 is 0 Å². The monoisotopic (exact) mass is 528 g/mol. The Morgan fingerprint density at radius 2 is 1.57 bits per heavy atom. The summed E-state index contributed by atoms with van der Waals surface area (Å²) < 4.78 is 0. The largest absolute Gasteiger partial charge is 0.335 e. The molecule has 4 aromatic rings. The summed E-state index contributed by atoms with van der Waals surface area (Å²) in [7, 11) is 0. The van der Waals surface area contributed by atoms with Crippen molar-refractivity contribution in [1.29, 1.82) is 0 Å². The average Bonchev–Trinajstić information content (AvgIpc) is 2.84. The molecule has 0 aliphatic carbocycles. The first-order valence-corrected chi connectivity index (χ1v) is 12.4. The molecule has 184 valence electrons. The van der Waals surface area contributed by atoms with Gasteiger partial charge in [0.25, 0.3) is 11.8 Å². The number of benzene rings is 4.